The molecule has 2 aliphatic rings. The molecule has 4 rings (SSSR count). The highest BCUT2D eigenvalue weighted by Crippen LogP contribution is 2.39. The predicted octanol–water partition coefficient (Wildman–Crippen LogP) is 2.26. The van der Waals surface area contributed by atoms with Crippen LogP contribution in [0.25, 0.3) is 0 Å². The van der Waals surface area contributed by atoms with Crippen LogP contribution in [-0.2, 0) is 25.7 Å². The van der Waals surface area contributed by atoms with Crippen LogP contribution in [-0.4, -0.2) is 30.0 Å². The van der Waals surface area contributed by atoms with Gasteiger partial charge < -0.3 is 10.2 Å². The summed E-state index contributed by atoms with van der Waals surface area (Å²) in [6.45, 7) is 3.97. The van der Waals surface area contributed by atoms with Crippen LogP contribution in [0.5, 0.6) is 0 Å². The molecular formula is C22H21N3O4. The van der Waals surface area contributed by atoms with Crippen molar-refractivity contribution < 1.29 is 19.1 Å². The van der Waals surface area contributed by atoms with Crippen molar-refractivity contribution in [1.29, 1.82) is 0 Å². The maximum atomic E-state index is 13.3. The number of anilines is 1. The van der Waals surface area contributed by atoms with E-state index in [0.29, 0.717) is 5.69 Å². The van der Waals surface area contributed by atoms with Gasteiger partial charge in [0.1, 0.15) is 12.0 Å². The molecule has 148 valence electrons. The highest BCUT2D eigenvalue weighted by Gasteiger charge is 2.59. The van der Waals surface area contributed by atoms with Crippen LogP contribution < -0.4 is 10.3 Å². The molecule has 2 aromatic carbocycles. The number of aryl methyl sites for hydroxylation is 2. The van der Waals surface area contributed by atoms with Gasteiger partial charge in [-0.3, -0.25) is 9.59 Å². The lowest BCUT2D eigenvalue weighted by molar-refractivity contribution is -0.138. The number of hydrazone groups is 1. The molecule has 1 N–H and O–H groups in total. The fourth-order valence-corrected chi connectivity index (χ4v) is 3.88. The van der Waals surface area contributed by atoms with Gasteiger partial charge in [-0.15, -0.1) is 0 Å². The van der Waals surface area contributed by atoms with E-state index in [0.717, 1.165) is 21.6 Å². The Kier molecular flexibility index (Phi) is 4.66. The Labute approximate surface area is 168 Å². The molecule has 1 unspecified atom stereocenters. The Balaban J connectivity index is 1.58. The zero-order valence-electron chi connectivity index (χ0n) is 16.3. The zero-order chi connectivity index (χ0) is 20.6. The summed E-state index contributed by atoms with van der Waals surface area (Å²) in [5.41, 5.74) is 4.58. The third kappa shape index (κ3) is 3.29. The lowest BCUT2D eigenvalue weighted by Gasteiger charge is -2.22. The van der Waals surface area contributed by atoms with E-state index in [-0.39, 0.29) is 31.2 Å². The molecule has 0 bridgehead atoms. The number of carbonyl (C=O) groups excluding carboxylic acids is 3. The SMILES string of the molecule is Cc1cc(C)cc(N2C(=O)CC3(CNN=C3C(=O)OCc3ccccc3)C2=O)c1. The average Bonchev–Trinajstić information content (AvgIpc) is 3.21. The van der Waals surface area contributed by atoms with Crippen molar-refractivity contribution in [3.63, 3.8) is 0 Å². The van der Waals surface area contributed by atoms with Gasteiger partial charge in [0.2, 0.25) is 11.8 Å². The van der Waals surface area contributed by atoms with Gasteiger partial charge in [0.15, 0.2) is 5.71 Å². The van der Waals surface area contributed by atoms with E-state index in [4.69, 9.17) is 4.74 Å². The van der Waals surface area contributed by atoms with Crippen LogP contribution >= 0.6 is 0 Å². The highest BCUT2D eigenvalue weighted by atomic mass is 16.5. The second-order valence-corrected chi connectivity index (χ2v) is 7.50. The van der Waals surface area contributed by atoms with Crippen LogP contribution in [0.3, 0.4) is 0 Å². The normalized spacial score (nSPS) is 20.8. The number of amides is 2. The van der Waals surface area contributed by atoms with Gasteiger partial charge in [-0.25, -0.2) is 9.69 Å². The molecule has 0 aliphatic carbocycles. The minimum atomic E-state index is -1.33. The van der Waals surface area contributed by atoms with Gasteiger partial charge in [0, 0.05) is 6.42 Å². The third-order valence-corrected chi connectivity index (χ3v) is 5.21. The first-order chi connectivity index (χ1) is 13.9. The van der Waals surface area contributed by atoms with Crippen LogP contribution in [0.1, 0.15) is 23.1 Å². The van der Waals surface area contributed by atoms with Crippen molar-refractivity contribution >= 4 is 29.2 Å². The molecule has 2 aromatic rings. The summed E-state index contributed by atoms with van der Waals surface area (Å²) in [5.74, 6) is -1.50. The minimum absolute atomic E-state index is 0.0429. The van der Waals surface area contributed by atoms with E-state index in [2.05, 4.69) is 10.5 Å². The molecule has 29 heavy (non-hydrogen) atoms. The molecule has 2 aliphatic heterocycles. The number of benzene rings is 2. The van der Waals surface area contributed by atoms with E-state index in [9.17, 15) is 14.4 Å². The molecule has 2 amide bonds. The maximum Gasteiger partial charge on any atom is 0.356 e. The number of imide groups is 1. The quantitative estimate of drug-likeness (QED) is 0.638. The van der Waals surface area contributed by atoms with E-state index in [1.807, 2.05) is 50.2 Å². The van der Waals surface area contributed by atoms with Crippen LogP contribution in [0.4, 0.5) is 5.69 Å². The average molecular weight is 391 g/mol. The second kappa shape index (κ2) is 7.16. The Morgan fingerprint density at radius 1 is 1.14 bits per heavy atom. The van der Waals surface area contributed by atoms with E-state index in [1.165, 1.54) is 0 Å². The number of rotatable bonds is 4. The van der Waals surface area contributed by atoms with Crippen molar-refractivity contribution in [2.75, 3.05) is 11.4 Å². The highest BCUT2D eigenvalue weighted by molar-refractivity contribution is 6.47. The number of nitrogens with zero attached hydrogens (tertiary/aromatic N) is 2. The van der Waals surface area contributed by atoms with Gasteiger partial charge in [-0.05, 0) is 42.7 Å². The Bertz CT molecular complexity index is 1010. The molecule has 0 radical (unpaired) electrons. The predicted molar refractivity (Wildman–Crippen MR) is 107 cm³/mol. The Morgan fingerprint density at radius 2 is 1.83 bits per heavy atom. The van der Waals surface area contributed by atoms with Crippen LogP contribution in [0.15, 0.2) is 53.6 Å². The fourth-order valence-electron chi connectivity index (χ4n) is 3.88. The number of esters is 1. The summed E-state index contributed by atoms with van der Waals surface area (Å²) in [5, 5.41) is 4.02. The molecule has 1 fully saturated rings. The first kappa shape index (κ1) is 18.9. The molecule has 1 spiro atoms. The summed E-state index contributed by atoms with van der Waals surface area (Å²) in [7, 11) is 0. The lowest BCUT2D eigenvalue weighted by atomic mass is 9.81. The first-order valence-corrected chi connectivity index (χ1v) is 9.38. The number of hydrogen-bond donors (Lipinski definition) is 1. The van der Waals surface area contributed by atoms with Crippen molar-refractivity contribution in [1.82, 2.24) is 5.43 Å². The van der Waals surface area contributed by atoms with E-state index >= 15 is 0 Å². The fraction of sp³-hybridized carbons (Fsp3) is 0.273. The molecule has 1 saturated heterocycles. The van der Waals surface area contributed by atoms with E-state index < -0.39 is 17.3 Å². The van der Waals surface area contributed by atoms with Crippen molar-refractivity contribution in [2.45, 2.75) is 26.9 Å². The topological polar surface area (TPSA) is 88.1 Å². The van der Waals surface area contributed by atoms with Crippen molar-refractivity contribution in [2.24, 2.45) is 10.5 Å². The Hall–Kier alpha value is -3.48. The molecule has 7 nitrogen and oxygen atoms in total. The van der Waals surface area contributed by atoms with Crippen LogP contribution in [0.2, 0.25) is 0 Å². The van der Waals surface area contributed by atoms with E-state index in [1.54, 1.807) is 12.1 Å². The standard InChI is InChI=1S/C22H21N3O4/c1-14-8-15(2)10-17(9-14)25-18(26)11-22(21(25)28)13-23-24-19(22)20(27)29-12-16-6-4-3-5-7-16/h3-10,23H,11-13H2,1-2H3. The summed E-state index contributed by atoms with van der Waals surface area (Å²) >= 11 is 0. The summed E-state index contributed by atoms with van der Waals surface area (Å²) < 4.78 is 5.37. The number of nitrogens with one attached hydrogen (secondary N) is 1. The molecule has 1 atom stereocenters. The number of hydrogen-bond acceptors (Lipinski definition) is 6. The van der Waals surface area contributed by atoms with Crippen LogP contribution in [0, 0.1) is 19.3 Å². The first-order valence-electron chi connectivity index (χ1n) is 9.38. The number of ether oxygens (including phenoxy) is 1. The summed E-state index contributed by atoms with van der Waals surface area (Å²) in [6, 6.07) is 14.8. The molecule has 0 aromatic heterocycles. The zero-order valence-corrected chi connectivity index (χ0v) is 16.3. The summed E-state index contributed by atoms with van der Waals surface area (Å²) in [4.78, 5) is 40.0. The van der Waals surface area contributed by atoms with Crippen molar-refractivity contribution in [3.8, 4) is 0 Å². The van der Waals surface area contributed by atoms with Gasteiger partial charge >= 0.3 is 5.97 Å². The Morgan fingerprint density at radius 3 is 2.52 bits per heavy atom. The lowest BCUT2D eigenvalue weighted by Crippen LogP contribution is -2.45. The monoisotopic (exact) mass is 391 g/mol. The smallest absolute Gasteiger partial charge is 0.356 e. The minimum Gasteiger partial charge on any atom is -0.456 e. The maximum absolute atomic E-state index is 13.3. The van der Waals surface area contributed by atoms with Gasteiger partial charge in [0.05, 0.1) is 12.2 Å². The third-order valence-electron chi connectivity index (χ3n) is 5.21. The molecule has 0 saturated carbocycles. The molecule has 7 heteroatoms. The number of carbonyl (C=O) groups is 3. The summed E-state index contributed by atoms with van der Waals surface area (Å²) in [6.07, 6.45) is -0.120. The van der Waals surface area contributed by atoms with Crippen molar-refractivity contribution in [3.05, 3.63) is 65.2 Å². The van der Waals surface area contributed by atoms with Gasteiger partial charge in [0.25, 0.3) is 0 Å². The largest absolute Gasteiger partial charge is 0.456 e. The molecular weight excluding hydrogens is 370 g/mol. The second-order valence-electron chi connectivity index (χ2n) is 7.50. The van der Waals surface area contributed by atoms with Gasteiger partial charge in [-0.1, -0.05) is 36.4 Å². The molecule has 2 heterocycles. The van der Waals surface area contributed by atoms with Gasteiger partial charge in [-0.2, -0.15) is 5.10 Å².